The highest BCUT2D eigenvalue weighted by atomic mass is 32.2. The quantitative estimate of drug-likeness (QED) is 0.197. The monoisotopic (exact) mass is 505 g/mol. The topological polar surface area (TPSA) is 90.2 Å². The Hall–Kier alpha value is -3.46. The zero-order valence-corrected chi connectivity index (χ0v) is 21.8. The average Bonchev–Trinajstić information content (AvgIpc) is 3.21. The van der Waals surface area contributed by atoms with Crippen LogP contribution in [0.25, 0.3) is 22.1 Å². The van der Waals surface area contributed by atoms with Crippen molar-refractivity contribution < 1.29 is 14.3 Å². The van der Waals surface area contributed by atoms with Gasteiger partial charge in [0.2, 0.25) is 11.1 Å². The van der Waals surface area contributed by atoms with Crippen LogP contribution >= 0.6 is 11.8 Å². The molecule has 4 rings (SSSR count). The van der Waals surface area contributed by atoms with Crippen LogP contribution in [0, 0.1) is 0 Å². The predicted octanol–water partition coefficient (Wildman–Crippen LogP) is 5.49. The Morgan fingerprint density at radius 1 is 1.00 bits per heavy atom. The molecule has 0 saturated carbocycles. The van der Waals surface area contributed by atoms with Gasteiger partial charge in [0, 0.05) is 24.2 Å². The van der Waals surface area contributed by atoms with E-state index in [1.165, 1.54) is 11.8 Å². The van der Waals surface area contributed by atoms with Crippen molar-refractivity contribution in [2.45, 2.75) is 51.7 Å². The number of aromatic nitrogens is 4. The molecule has 0 spiro atoms. The predicted molar refractivity (Wildman–Crippen MR) is 144 cm³/mol. The third-order valence-corrected chi connectivity index (χ3v) is 6.68. The zero-order chi connectivity index (χ0) is 25.5. The van der Waals surface area contributed by atoms with Gasteiger partial charge in [-0.2, -0.15) is 0 Å². The molecule has 2 aromatic heterocycles. The summed E-state index contributed by atoms with van der Waals surface area (Å²) < 4.78 is 7.23. The fourth-order valence-corrected chi connectivity index (χ4v) is 4.77. The van der Waals surface area contributed by atoms with Crippen LogP contribution < -0.4 is 4.90 Å². The molecule has 4 aromatic rings. The minimum Gasteiger partial charge on any atom is -0.462 e. The fourth-order valence-electron chi connectivity index (χ4n) is 4.11. The van der Waals surface area contributed by atoms with Crippen LogP contribution in [0.2, 0.25) is 0 Å². The molecule has 9 heteroatoms. The van der Waals surface area contributed by atoms with E-state index in [1.807, 2.05) is 18.2 Å². The molecule has 0 fully saturated rings. The van der Waals surface area contributed by atoms with E-state index >= 15 is 0 Å². The number of unbranched alkanes of at least 4 members (excludes halogenated alkanes) is 1. The lowest BCUT2D eigenvalue weighted by Gasteiger charge is -2.22. The molecule has 188 valence electrons. The second-order valence-corrected chi connectivity index (χ2v) is 9.33. The fraction of sp³-hybridized carbons (Fsp3) is 0.370. The molecule has 36 heavy (non-hydrogen) atoms. The molecule has 0 N–H and O–H groups in total. The Morgan fingerprint density at radius 2 is 1.78 bits per heavy atom. The summed E-state index contributed by atoms with van der Waals surface area (Å²) in [5.41, 5.74) is 3.88. The summed E-state index contributed by atoms with van der Waals surface area (Å²) in [6, 6.07) is 15.1. The van der Waals surface area contributed by atoms with Gasteiger partial charge >= 0.3 is 5.97 Å². The smallest absolute Gasteiger partial charge is 0.338 e. The molecule has 0 saturated heterocycles. The van der Waals surface area contributed by atoms with Crippen LogP contribution in [-0.4, -0.2) is 50.5 Å². The summed E-state index contributed by atoms with van der Waals surface area (Å²) in [5.74, 6) is -0.230. The number of anilines is 1. The molecular weight excluding hydrogens is 474 g/mol. The highest BCUT2D eigenvalue weighted by Crippen LogP contribution is 2.28. The van der Waals surface area contributed by atoms with Gasteiger partial charge in [-0.05, 0) is 50.1 Å². The van der Waals surface area contributed by atoms with Crippen molar-refractivity contribution >= 4 is 51.4 Å². The number of benzene rings is 2. The van der Waals surface area contributed by atoms with Crippen molar-refractivity contribution in [1.82, 2.24) is 19.7 Å². The molecular formula is C27H31N5O3S. The van der Waals surface area contributed by atoms with Gasteiger partial charge in [0.25, 0.3) is 0 Å². The summed E-state index contributed by atoms with van der Waals surface area (Å²) in [4.78, 5) is 31.8. The number of fused-ring (bicyclic) bond motifs is 3. The molecule has 0 aliphatic heterocycles. The van der Waals surface area contributed by atoms with Gasteiger partial charge in [0.05, 0.1) is 23.4 Å². The second kappa shape index (κ2) is 12.0. The first-order valence-electron chi connectivity index (χ1n) is 12.4. The lowest BCUT2D eigenvalue weighted by atomic mass is 10.2. The van der Waals surface area contributed by atoms with Crippen molar-refractivity contribution in [3.63, 3.8) is 0 Å². The summed E-state index contributed by atoms with van der Waals surface area (Å²) in [6.07, 6.45) is 2.81. The first-order chi connectivity index (χ1) is 17.6. The number of rotatable bonds is 11. The SMILES string of the molecule is CCCCN(C(=O)CSc1nnc2c3ccccc3n(CCC)c2n1)c1ccc(C(=O)OCC)cc1. The van der Waals surface area contributed by atoms with Crippen molar-refractivity contribution in [2.75, 3.05) is 23.8 Å². The van der Waals surface area contributed by atoms with Gasteiger partial charge in [0.15, 0.2) is 5.65 Å². The lowest BCUT2D eigenvalue weighted by molar-refractivity contribution is -0.116. The molecule has 0 aliphatic carbocycles. The van der Waals surface area contributed by atoms with E-state index in [-0.39, 0.29) is 17.6 Å². The molecule has 0 aliphatic rings. The first-order valence-corrected chi connectivity index (χ1v) is 13.4. The molecule has 0 bridgehead atoms. The number of esters is 1. The first kappa shape index (κ1) is 25.6. The second-order valence-electron chi connectivity index (χ2n) is 8.39. The van der Waals surface area contributed by atoms with E-state index in [4.69, 9.17) is 9.72 Å². The minimum atomic E-state index is -0.369. The molecule has 1 amide bonds. The number of thioether (sulfide) groups is 1. The number of carbonyl (C=O) groups excluding carboxylic acids is 2. The third kappa shape index (κ3) is 5.51. The summed E-state index contributed by atoms with van der Waals surface area (Å²) >= 11 is 1.29. The highest BCUT2D eigenvalue weighted by Gasteiger charge is 2.19. The Morgan fingerprint density at radius 3 is 2.50 bits per heavy atom. The van der Waals surface area contributed by atoms with Crippen molar-refractivity contribution in [2.24, 2.45) is 0 Å². The van der Waals surface area contributed by atoms with Gasteiger partial charge in [-0.25, -0.2) is 9.78 Å². The van der Waals surface area contributed by atoms with E-state index in [9.17, 15) is 9.59 Å². The van der Waals surface area contributed by atoms with E-state index in [0.29, 0.717) is 23.9 Å². The summed E-state index contributed by atoms with van der Waals surface area (Å²) in [6.45, 7) is 7.74. The van der Waals surface area contributed by atoms with Crippen molar-refractivity contribution in [1.29, 1.82) is 0 Å². The van der Waals surface area contributed by atoms with Gasteiger partial charge < -0.3 is 14.2 Å². The van der Waals surface area contributed by atoms with Crippen LogP contribution in [0.1, 0.15) is 50.4 Å². The van der Waals surface area contributed by atoms with E-state index < -0.39 is 0 Å². The summed E-state index contributed by atoms with van der Waals surface area (Å²) in [7, 11) is 0. The number of nitrogens with zero attached hydrogens (tertiary/aromatic N) is 5. The number of para-hydroxylation sites is 1. The molecule has 0 radical (unpaired) electrons. The highest BCUT2D eigenvalue weighted by molar-refractivity contribution is 7.99. The maximum absolute atomic E-state index is 13.3. The molecule has 0 unspecified atom stereocenters. The van der Waals surface area contributed by atoms with E-state index in [1.54, 1.807) is 36.1 Å². The van der Waals surface area contributed by atoms with E-state index in [2.05, 4.69) is 34.7 Å². The molecule has 2 aromatic carbocycles. The lowest BCUT2D eigenvalue weighted by Crippen LogP contribution is -2.33. The zero-order valence-electron chi connectivity index (χ0n) is 20.9. The Kier molecular flexibility index (Phi) is 8.53. The number of aryl methyl sites for hydroxylation is 1. The largest absolute Gasteiger partial charge is 0.462 e. The average molecular weight is 506 g/mol. The Bertz CT molecular complexity index is 1350. The van der Waals surface area contributed by atoms with E-state index in [0.717, 1.165) is 53.6 Å². The summed E-state index contributed by atoms with van der Waals surface area (Å²) in [5, 5.41) is 10.3. The van der Waals surface area contributed by atoms with Crippen LogP contribution in [0.15, 0.2) is 53.7 Å². The van der Waals surface area contributed by atoms with Crippen LogP contribution in [0.5, 0.6) is 0 Å². The van der Waals surface area contributed by atoms with Crippen LogP contribution in [0.4, 0.5) is 5.69 Å². The third-order valence-electron chi connectivity index (χ3n) is 5.85. The number of hydrogen-bond acceptors (Lipinski definition) is 7. The van der Waals surface area contributed by atoms with Crippen molar-refractivity contribution in [3.8, 4) is 0 Å². The number of amides is 1. The van der Waals surface area contributed by atoms with Crippen molar-refractivity contribution in [3.05, 3.63) is 54.1 Å². The standard InChI is InChI=1S/C27H31N5O3S/c1-4-7-17-31(20-14-12-19(13-15-20)26(34)35-6-3)23(33)18-36-27-28-25-24(29-30-27)21-10-8-9-11-22(21)32(25)16-5-2/h8-15H,4-7,16-18H2,1-3H3. The Balaban J connectivity index is 1.53. The maximum Gasteiger partial charge on any atom is 0.338 e. The number of hydrogen-bond donors (Lipinski definition) is 0. The normalized spacial score (nSPS) is 11.2. The van der Waals surface area contributed by atoms with Gasteiger partial charge in [-0.15, -0.1) is 10.2 Å². The molecule has 8 nitrogen and oxygen atoms in total. The van der Waals surface area contributed by atoms with Crippen LogP contribution in [-0.2, 0) is 16.1 Å². The van der Waals surface area contributed by atoms with Crippen LogP contribution in [0.3, 0.4) is 0 Å². The number of ether oxygens (including phenoxy) is 1. The van der Waals surface area contributed by atoms with Gasteiger partial charge in [-0.3, -0.25) is 4.79 Å². The number of carbonyl (C=O) groups is 2. The maximum atomic E-state index is 13.3. The molecule has 0 atom stereocenters. The Labute approximate surface area is 215 Å². The van der Waals surface area contributed by atoms with Gasteiger partial charge in [0.1, 0.15) is 5.52 Å². The molecule has 2 heterocycles. The minimum absolute atomic E-state index is 0.0462. The van der Waals surface area contributed by atoms with Gasteiger partial charge in [-0.1, -0.05) is 50.2 Å².